The minimum absolute atomic E-state index is 0.0248. The van der Waals surface area contributed by atoms with Gasteiger partial charge in [0, 0.05) is 18.2 Å². The molecule has 104 valence electrons. The molecule has 0 atom stereocenters. The Bertz CT molecular complexity index is 645. The van der Waals surface area contributed by atoms with Crippen molar-refractivity contribution in [2.24, 2.45) is 0 Å². The summed E-state index contributed by atoms with van der Waals surface area (Å²) in [5.41, 5.74) is 1.40. The first-order chi connectivity index (χ1) is 9.47. The highest BCUT2D eigenvalue weighted by molar-refractivity contribution is 6.31. The summed E-state index contributed by atoms with van der Waals surface area (Å²) >= 11 is 11.3. The van der Waals surface area contributed by atoms with Crippen LogP contribution in [0, 0.1) is 17.0 Å². The molecule has 0 radical (unpaired) electrons. The van der Waals surface area contributed by atoms with Crippen LogP contribution in [0.1, 0.15) is 11.1 Å². The molecular formula is C11H9Cl2N5O2. The van der Waals surface area contributed by atoms with Gasteiger partial charge in [-0.15, -0.1) is 0 Å². The van der Waals surface area contributed by atoms with Crippen molar-refractivity contribution in [2.45, 2.75) is 13.5 Å². The number of aromatic nitrogens is 3. The molecule has 1 aromatic carbocycles. The number of hydrogen-bond donors (Lipinski definition) is 1. The van der Waals surface area contributed by atoms with Crippen molar-refractivity contribution in [3.05, 3.63) is 50.0 Å². The van der Waals surface area contributed by atoms with E-state index in [2.05, 4.69) is 20.3 Å². The maximum absolute atomic E-state index is 10.9. The van der Waals surface area contributed by atoms with Crippen molar-refractivity contribution in [3.63, 3.8) is 0 Å². The minimum atomic E-state index is -0.421. The topological polar surface area (TPSA) is 93.8 Å². The van der Waals surface area contributed by atoms with Crippen LogP contribution in [0.25, 0.3) is 0 Å². The Morgan fingerprint density at radius 3 is 2.50 bits per heavy atom. The molecular weight excluding hydrogens is 305 g/mol. The number of nitro groups is 1. The first-order valence-corrected chi connectivity index (χ1v) is 6.27. The van der Waals surface area contributed by atoms with Gasteiger partial charge in [-0.1, -0.05) is 12.1 Å². The van der Waals surface area contributed by atoms with Gasteiger partial charge in [-0.3, -0.25) is 10.1 Å². The molecule has 0 saturated heterocycles. The van der Waals surface area contributed by atoms with Crippen LogP contribution < -0.4 is 5.32 Å². The van der Waals surface area contributed by atoms with Crippen LogP contribution in [-0.4, -0.2) is 19.9 Å². The first kappa shape index (κ1) is 14.4. The van der Waals surface area contributed by atoms with Gasteiger partial charge >= 0.3 is 0 Å². The summed E-state index contributed by atoms with van der Waals surface area (Å²) in [5, 5.41) is 13.7. The summed E-state index contributed by atoms with van der Waals surface area (Å²) in [6.45, 7) is 1.99. The molecule has 7 nitrogen and oxygen atoms in total. The monoisotopic (exact) mass is 313 g/mol. The molecule has 1 heterocycles. The zero-order valence-electron chi connectivity index (χ0n) is 10.3. The van der Waals surface area contributed by atoms with E-state index in [1.54, 1.807) is 19.1 Å². The van der Waals surface area contributed by atoms with Crippen molar-refractivity contribution in [1.82, 2.24) is 15.0 Å². The number of nitrogens with one attached hydrogen (secondary N) is 1. The summed E-state index contributed by atoms with van der Waals surface area (Å²) < 4.78 is 0. The molecule has 0 bridgehead atoms. The summed E-state index contributed by atoms with van der Waals surface area (Å²) in [4.78, 5) is 21.8. The average Bonchev–Trinajstić information content (AvgIpc) is 2.36. The number of rotatable bonds is 4. The smallest absolute Gasteiger partial charge is 0.272 e. The molecule has 0 spiro atoms. The lowest BCUT2D eigenvalue weighted by Gasteiger charge is -2.08. The molecule has 0 unspecified atom stereocenters. The Labute approximate surface area is 124 Å². The lowest BCUT2D eigenvalue weighted by Crippen LogP contribution is -2.07. The molecule has 20 heavy (non-hydrogen) atoms. The van der Waals surface area contributed by atoms with Crippen LogP contribution in [0.2, 0.25) is 10.6 Å². The van der Waals surface area contributed by atoms with Crippen LogP contribution in [0.3, 0.4) is 0 Å². The van der Waals surface area contributed by atoms with Gasteiger partial charge in [-0.25, -0.2) is 0 Å². The highest BCUT2D eigenvalue weighted by atomic mass is 35.5. The second kappa shape index (κ2) is 5.98. The number of nitrogens with zero attached hydrogens (tertiary/aromatic N) is 4. The average molecular weight is 314 g/mol. The van der Waals surface area contributed by atoms with Gasteiger partial charge in [-0.05, 0) is 35.7 Å². The summed E-state index contributed by atoms with van der Waals surface area (Å²) in [6.07, 6.45) is 0. The normalized spacial score (nSPS) is 10.3. The minimum Gasteiger partial charge on any atom is -0.350 e. The van der Waals surface area contributed by atoms with Crippen LogP contribution in [0.5, 0.6) is 0 Å². The predicted molar refractivity (Wildman–Crippen MR) is 75.0 cm³/mol. The Morgan fingerprint density at radius 1 is 1.25 bits per heavy atom. The van der Waals surface area contributed by atoms with Crippen molar-refractivity contribution in [2.75, 3.05) is 5.32 Å². The number of anilines is 1. The molecule has 0 aliphatic rings. The van der Waals surface area contributed by atoms with E-state index in [4.69, 9.17) is 23.2 Å². The van der Waals surface area contributed by atoms with E-state index in [0.717, 1.165) is 5.56 Å². The number of halogens is 2. The number of nitro benzene ring substituents is 1. The van der Waals surface area contributed by atoms with Gasteiger partial charge in [0.15, 0.2) is 0 Å². The van der Waals surface area contributed by atoms with Crippen LogP contribution in [0.15, 0.2) is 18.2 Å². The zero-order valence-corrected chi connectivity index (χ0v) is 11.8. The second-order valence-corrected chi connectivity index (χ2v) is 4.55. The zero-order chi connectivity index (χ0) is 14.7. The molecule has 1 aromatic heterocycles. The molecule has 1 N–H and O–H groups in total. The first-order valence-electron chi connectivity index (χ1n) is 5.51. The Kier molecular flexibility index (Phi) is 4.31. The van der Waals surface area contributed by atoms with Crippen molar-refractivity contribution in [1.29, 1.82) is 0 Å². The van der Waals surface area contributed by atoms with Crippen molar-refractivity contribution >= 4 is 34.8 Å². The standard InChI is InChI=1S/C11H9Cl2N5O2/c1-6-7(3-2-4-8(6)18(19)20)5-14-11-16-9(12)15-10(13)17-11/h2-4H,5H2,1H3,(H,14,15,16,17). The lowest BCUT2D eigenvalue weighted by atomic mass is 10.1. The van der Waals surface area contributed by atoms with Crippen LogP contribution in [-0.2, 0) is 6.54 Å². The summed E-state index contributed by atoms with van der Waals surface area (Å²) in [5.74, 6) is 0.209. The fourth-order valence-electron chi connectivity index (χ4n) is 1.64. The van der Waals surface area contributed by atoms with E-state index >= 15 is 0 Å². The third-order valence-electron chi connectivity index (χ3n) is 2.63. The highest BCUT2D eigenvalue weighted by Gasteiger charge is 2.13. The van der Waals surface area contributed by atoms with Gasteiger partial charge in [0.25, 0.3) is 5.69 Å². The maximum Gasteiger partial charge on any atom is 0.272 e. The quantitative estimate of drug-likeness (QED) is 0.688. The van der Waals surface area contributed by atoms with E-state index in [0.29, 0.717) is 12.1 Å². The molecule has 0 saturated carbocycles. The Balaban J connectivity index is 2.19. The van der Waals surface area contributed by atoms with Crippen molar-refractivity contribution in [3.8, 4) is 0 Å². The van der Waals surface area contributed by atoms with Gasteiger partial charge in [0.1, 0.15) is 0 Å². The van der Waals surface area contributed by atoms with Crippen molar-refractivity contribution < 1.29 is 4.92 Å². The van der Waals surface area contributed by atoms with E-state index in [1.165, 1.54) is 6.07 Å². The van der Waals surface area contributed by atoms with E-state index in [9.17, 15) is 10.1 Å². The largest absolute Gasteiger partial charge is 0.350 e. The third-order valence-corrected chi connectivity index (χ3v) is 2.97. The Morgan fingerprint density at radius 2 is 1.90 bits per heavy atom. The van der Waals surface area contributed by atoms with E-state index in [-0.39, 0.29) is 22.2 Å². The summed E-state index contributed by atoms with van der Waals surface area (Å²) in [7, 11) is 0. The molecule has 2 aromatic rings. The lowest BCUT2D eigenvalue weighted by molar-refractivity contribution is -0.385. The molecule has 9 heteroatoms. The van der Waals surface area contributed by atoms with Gasteiger partial charge < -0.3 is 5.32 Å². The maximum atomic E-state index is 10.9. The van der Waals surface area contributed by atoms with Gasteiger partial charge in [0.05, 0.1) is 4.92 Å². The Hall–Kier alpha value is -1.99. The molecule has 0 amide bonds. The molecule has 0 aliphatic carbocycles. The van der Waals surface area contributed by atoms with E-state index in [1.807, 2.05) is 0 Å². The molecule has 0 fully saturated rings. The SMILES string of the molecule is Cc1c(CNc2nc(Cl)nc(Cl)n2)cccc1[N+](=O)[O-]. The second-order valence-electron chi connectivity index (χ2n) is 3.87. The third kappa shape index (κ3) is 3.31. The predicted octanol–water partition coefficient (Wildman–Crippen LogP) is 3.01. The van der Waals surface area contributed by atoms with E-state index < -0.39 is 4.92 Å². The fraction of sp³-hybridized carbons (Fsp3) is 0.182. The summed E-state index contributed by atoms with van der Waals surface area (Å²) in [6, 6.07) is 4.85. The number of hydrogen-bond acceptors (Lipinski definition) is 6. The highest BCUT2D eigenvalue weighted by Crippen LogP contribution is 2.21. The fourth-order valence-corrected chi connectivity index (χ4v) is 2.00. The molecule has 0 aliphatic heterocycles. The van der Waals surface area contributed by atoms with Gasteiger partial charge in [0.2, 0.25) is 16.5 Å². The van der Waals surface area contributed by atoms with Crippen LogP contribution >= 0.6 is 23.2 Å². The van der Waals surface area contributed by atoms with Gasteiger partial charge in [-0.2, -0.15) is 15.0 Å². The van der Waals surface area contributed by atoms with Crippen LogP contribution in [0.4, 0.5) is 11.6 Å². The number of benzene rings is 1. The molecule has 2 rings (SSSR count).